The number of hydrogen-bond donors (Lipinski definition) is 2. The SMILES string of the molecule is CC(C)CC(C)(CN)NS(=O)(=O)c1ccco1.Cl. The van der Waals surface area contributed by atoms with Crippen LogP contribution in [0.2, 0.25) is 0 Å². The van der Waals surface area contributed by atoms with Gasteiger partial charge in [0.1, 0.15) is 0 Å². The molecular weight excluding hydrogens is 276 g/mol. The lowest BCUT2D eigenvalue weighted by Gasteiger charge is -2.30. The van der Waals surface area contributed by atoms with E-state index in [2.05, 4.69) is 4.72 Å². The molecule has 5 nitrogen and oxygen atoms in total. The molecular formula is C11H21ClN2O3S. The van der Waals surface area contributed by atoms with E-state index in [1.54, 1.807) is 6.92 Å². The van der Waals surface area contributed by atoms with Gasteiger partial charge in [-0.2, -0.15) is 0 Å². The van der Waals surface area contributed by atoms with Gasteiger partial charge in [0.25, 0.3) is 10.0 Å². The van der Waals surface area contributed by atoms with Crippen molar-refractivity contribution in [3.05, 3.63) is 18.4 Å². The first-order valence-corrected chi connectivity index (χ1v) is 7.05. The van der Waals surface area contributed by atoms with E-state index < -0.39 is 15.6 Å². The zero-order valence-corrected chi connectivity index (χ0v) is 12.5. The molecule has 0 aliphatic rings. The number of furan rings is 1. The van der Waals surface area contributed by atoms with E-state index >= 15 is 0 Å². The fourth-order valence-electron chi connectivity index (χ4n) is 1.86. The maximum Gasteiger partial charge on any atom is 0.274 e. The number of nitrogens with two attached hydrogens (primary N) is 1. The molecule has 18 heavy (non-hydrogen) atoms. The van der Waals surface area contributed by atoms with Crippen LogP contribution in [0.25, 0.3) is 0 Å². The fraction of sp³-hybridized carbons (Fsp3) is 0.636. The molecule has 0 fully saturated rings. The summed E-state index contributed by atoms with van der Waals surface area (Å²) >= 11 is 0. The maximum atomic E-state index is 12.0. The summed E-state index contributed by atoms with van der Waals surface area (Å²) in [6.07, 6.45) is 2.00. The molecule has 1 aromatic heterocycles. The molecule has 0 bridgehead atoms. The molecule has 1 unspecified atom stereocenters. The van der Waals surface area contributed by atoms with Crippen molar-refractivity contribution in [3.8, 4) is 0 Å². The average Bonchev–Trinajstić information content (AvgIpc) is 2.68. The van der Waals surface area contributed by atoms with E-state index in [-0.39, 0.29) is 24.0 Å². The van der Waals surface area contributed by atoms with Crippen LogP contribution < -0.4 is 10.5 Å². The lowest BCUT2D eigenvalue weighted by atomic mass is 9.92. The Balaban J connectivity index is 0.00000289. The van der Waals surface area contributed by atoms with Crippen LogP contribution in [0.4, 0.5) is 0 Å². The van der Waals surface area contributed by atoms with Gasteiger partial charge < -0.3 is 10.2 Å². The van der Waals surface area contributed by atoms with Gasteiger partial charge in [-0.1, -0.05) is 13.8 Å². The first-order chi connectivity index (χ1) is 7.79. The van der Waals surface area contributed by atoms with Gasteiger partial charge in [-0.05, 0) is 31.4 Å². The number of sulfonamides is 1. The Hall–Kier alpha value is -0.560. The van der Waals surface area contributed by atoms with E-state index in [9.17, 15) is 8.42 Å². The van der Waals surface area contributed by atoms with Gasteiger partial charge in [0.05, 0.1) is 6.26 Å². The van der Waals surface area contributed by atoms with Crippen LogP contribution in [0.5, 0.6) is 0 Å². The fourth-order valence-corrected chi connectivity index (χ4v) is 3.21. The summed E-state index contributed by atoms with van der Waals surface area (Å²) in [7, 11) is -3.63. The molecule has 0 spiro atoms. The summed E-state index contributed by atoms with van der Waals surface area (Å²) in [6, 6.07) is 2.95. The second-order valence-electron chi connectivity index (χ2n) is 4.90. The van der Waals surface area contributed by atoms with Crippen molar-refractivity contribution in [2.24, 2.45) is 11.7 Å². The van der Waals surface area contributed by atoms with E-state index in [4.69, 9.17) is 10.2 Å². The molecule has 1 atom stereocenters. The Labute approximate surface area is 115 Å². The van der Waals surface area contributed by atoms with Crippen LogP contribution in [-0.4, -0.2) is 20.5 Å². The molecule has 0 saturated heterocycles. The normalized spacial score (nSPS) is 15.2. The topological polar surface area (TPSA) is 85.3 Å². The van der Waals surface area contributed by atoms with Crippen molar-refractivity contribution in [3.63, 3.8) is 0 Å². The van der Waals surface area contributed by atoms with Crippen molar-refractivity contribution in [2.75, 3.05) is 6.54 Å². The summed E-state index contributed by atoms with van der Waals surface area (Å²) in [5.74, 6) is 0.350. The van der Waals surface area contributed by atoms with Gasteiger partial charge in [0.15, 0.2) is 0 Å². The highest BCUT2D eigenvalue weighted by molar-refractivity contribution is 7.89. The third-order valence-corrected chi connectivity index (χ3v) is 3.97. The standard InChI is InChI=1S/C11H20N2O3S.ClH/c1-9(2)7-11(3,8-12)13-17(14,15)10-5-4-6-16-10;/h4-6,9,13H,7-8,12H2,1-3H3;1H. The van der Waals surface area contributed by atoms with Crippen LogP contribution in [-0.2, 0) is 10.0 Å². The zero-order chi connectivity index (χ0) is 13.1. The van der Waals surface area contributed by atoms with Crippen molar-refractivity contribution >= 4 is 22.4 Å². The van der Waals surface area contributed by atoms with Gasteiger partial charge in [-0.15, -0.1) is 12.4 Å². The van der Waals surface area contributed by atoms with Gasteiger partial charge in [-0.25, -0.2) is 13.1 Å². The van der Waals surface area contributed by atoms with Crippen LogP contribution in [0.1, 0.15) is 27.2 Å². The molecule has 1 rings (SSSR count). The molecule has 0 saturated carbocycles. The van der Waals surface area contributed by atoms with Crippen molar-refractivity contribution in [1.29, 1.82) is 0 Å². The van der Waals surface area contributed by atoms with E-state index in [0.29, 0.717) is 12.3 Å². The number of halogens is 1. The molecule has 0 aliphatic heterocycles. The van der Waals surface area contributed by atoms with Gasteiger partial charge in [-0.3, -0.25) is 0 Å². The number of rotatable bonds is 6. The minimum Gasteiger partial charge on any atom is -0.452 e. The van der Waals surface area contributed by atoms with Crippen LogP contribution in [0.15, 0.2) is 27.9 Å². The first-order valence-electron chi connectivity index (χ1n) is 5.57. The Kier molecular flexibility index (Phi) is 6.36. The minimum absolute atomic E-state index is 0. The smallest absolute Gasteiger partial charge is 0.274 e. The molecule has 3 N–H and O–H groups in total. The maximum absolute atomic E-state index is 12.0. The van der Waals surface area contributed by atoms with Crippen molar-refractivity contribution in [2.45, 2.75) is 37.8 Å². The third-order valence-electron chi connectivity index (χ3n) is 2.45. The van der Waals surface area contributed by atoms with Gasteiger partial charge >= 0.3 is 0 Å². The molecule has 0 radical (unpaired) electrons. The Bertz CT molecular complexity index is 445. The minimum atomic E-state index is -3.63. The van der Waals surface area contributed by atoms with Crippen molar-refractivity contribution < 1.29 is 12.8 Å². The van der Waals surface area contributed by atoms with Gasteiger partial charge in [0, 0.05) is 12.1 Å². The summed E-state index contributed by atoms with van der Waals surface area (Å²) in [4.78, 5) is 0. The highest BCUT2D eigenvalue weighted by Crippen LogP contribution is 2.19. The van der Waals surface area contributed by atoms with E-state index in [1.165, 1.54) is 18.4 Å². The van der Waals surface area contributed by atoms with Crippen molar-refractivity contribution in [1.82, 2.24) is 4.72 Å². The third kappa shape index (κ3) is 4.61. The van der Waals surface area contributed by atoms with Gasteiger partial charge in [0.2, 0.25) is 5.09 Å². The van der Waals surface area contributed by atoms with Crippen LogP contribution >= 0.6 is 12.4 Å². The second kappa shape index (κ2) is 6.56. The molecule has 1 aromatic rings. The first kappa shape index (κ1) is 17.4. The number of nitrogens with one attached hydrogen (secondary N) is 1. The average molecular weight is 297 g/mol. The quantitative estimate of drug-likeness (QED) is 0.837. The monoisotopic (exact) mass is 296 g/mol. The van der Waals surface area contributed by atoms with E-state index in [1.807, 2.05) is 13.8 Å². The summed E-state index contributed by atoms with van der Waals surface area (Å²) in [5, 5.41) is -0.0825. The molecule has 0 aliphatic carbocycles. The summed E-state index contributed by atoms with van der Waals surface area (Å²) < 4.78 is 31.5. The Morgan fingerprint density at radius 3 is 2.50 bits per heavy atom. The van der Waals surface area contributed by atoms with Crippen LogP contribution in [0.3, 0.4) is 0 Å². The molecule has 0 aromatic carbocycles. The molecule has 0 amide bonds. The highest BCUT2D eigenvalue weighted by Gasteiger charge is 2.31. The lowest BCUT2D eigenvalue weighted by Crippen LogP contribution is -2.51. The Morgan fingerprint density at radius 2 is 2.11 bits per heavy atom. The molecule has 106 valence electrons. The van der Waals surface area contributed by atoms with E-state index in [0.717, 1.165) is 0 Å². The predicted octanol–water partition coefficient (Wildman–Crippen LogP) is 1.74. The highest BCUT2D eigenvalue weighted by atomic mass is 35.5. The second-order valence-corrected chi connectivity index (χ2v) is 6.51. The zero-order valence-electron chi connectivity index (χ0n) is 10.8. The largest absolute Gasteiger partial charge is 0.452 e. The molecule has 1 heterocycles. The Morgan fingerprint density at radius 1 is 1.50 bits per heavy atom. The summed E-state index contributed by atoms with van der Waals surface area (Å²) in [6.45, 7) is 6.09. The predicted molar refractivity (Wildman–Crippen MR) is 73.2 cm³/mol. The number of hydrogen-bond acceptors (Lipinski definition) is 4. The lowest BCUT2D eigenvalue weighted by molar-refractivity contribution is 0.339. The summed E-state index contributed by atoms with van der Waals surface area (Å²) in [5.41, 5.74) is 5.01. The van der Waals surface area contributed by atoms with Crippen LogP contribution in [0, 0.1) is 5.92 Å². The molecule has 7 heteroatoms.